The van der Waals surface area contributed by atoms with E-state index in [0.29, 0.717) is 0 Å². The first kappa shape index (κ1) is 20.4. The van der Waals surface area contributed by atoms with Gasteiger partial charge in [0.05, 0.1) is 0 Å². The normalized spacial score (nSPS) is 14.5. The third-order valence-electron chi connectivity index (χ3n) is 6.27. The van der Waals surface area contributed by atoms with Crippen molar-refractivity contribution < 1.29 is 0 Å². The molecule has 30 heavy (non-hydrogen) atoms. The Hall–Kier alpha value is -2.84. The van der Waals surface area contributed by atoms with Gasteiger partial charge in [-0.3, -0.25) is 0 Å². The van der Waals surface area contributed by atoms with Crippen LogP contribution in [0.1, 0.15) is 28.7 Å². The molecule has 2 heteroatoms. The summed E-state index contributed by atoms with van der Waals surface area (Å²) in [6, 6.07) is 28.6. The van der Waals surface area contributed by atoms with Crippen LogP contribution in [0, 0.1) is 0 Å². The minimum Gasteiger partial charge on any atom is -0.374 e. The Morgan fingerprint density at radius 1 is 0.733 bits per heavy atom. The number of anilines is 1. The van der Waals surface area contributed by atoms with Crippen LogP contribution in [-0.2, 0) is 11.8 Å². The van der Waals surface area contributed by atoms with E-state index in [1.165, 1.54) is 27.9 Å². The van der Waals surface area contributed by atoms with Crippen molar-refractivity contribution in [3.05, 3.63) is 107 Å². The van der Waals surface area contributed by atoms with Gasteiger partial charge >= 0.3 is 0 Å². The molecule has 2 nitrogen and oxygen atoms in total. The van der Waals surface area contributed by atoms with E-state index in [9.17, 15) is 0 Å². The summed E-state index contributed by atoms with van der Waals surface area (Å²) in [4.78, 5) is 4.66. The average Bonchev–Trinajstić information content (AvgIpc) is 2.79. The molecule has 0 N–H and O–H groups in total. The lowest BCUT2D eigenvalue weighted by molar-refractivity contribution is 0.401. The van der Waals surface area contributed by atoms with Crippen molar-refractivity contribution in [3.8, 4) is 0 Å². The van der Waals surface area contributed by atoms with Gasteiger partial charge in [-0.25, -0.2) is 0 Å². The number of nitrogens with zero attached hydrogens (tertiary/aromatic N) is 2. The van der Waals surface area contributed by atoms with Crippen LogP contribution in [0.2, 0.25) is 0 Å². The van der Waals surface area contributed by atoms with Crippen molar-refractivity contribution in [1.82, 2.24) is 4.90 Å². The molecular formula is C28H32N2. The first-order valence-electron chi connectivity index (χ1n) is 10.9. The molecule has 0 unspecified atom stereocenters. The molecule has 3 aromatic rings. The summed E-state index contributed by atoms with van der Waals surface area (Å²) < 4.78 is 0. The number of benzene rings is 3. The van der Waals surface area contributed by atoms with Gasteiger partial charge in [0.1, 0.15) is 0 Å². The van der Waals surface area contributed by atoms with Crippen molar-refractivity contribution >= 4 is 11.8 Å². The highest BCUT2D eigenvalue weighted by Gasteiger charge is 2.35. The Labute approximate surface area is 181 Å². The van der Waals surface area contributed by atoms with E-state index in [0.717, 1.165) is 25.9 Å². The second-order valence-electron chi connectivity index (χ2n) is 8.64. The van der Waals surface area contributed by atoms with Gasteiger partial charge in [0.2, 0.25) is 0 Å². The minimum atomic E-state index is -0.127. The first-order valence-corrected chi connectivity index (χ1v) is 10.9. The third kappa shape index (κ3) is 4.06. The van der Waals surface area contributed by atoms with Gasteiger partial charge in [0.15, 0.2) is 0 Å². The number of hydrogen-bond acceptors (Lipinski definition) is 2. The van der Waals surface area contributed by atoms with E-state index in [-0.39, 0.29) is 5.41 Å². The maximum atomic E-state index is 2.43. The molecule has 0 aromatic heterocycles. The molecule has 0 spiro atoms. The zero-order valence-corrected chi connectivity index (χ0v) is 18.4. The molecule has 154 valence electrons. The highest BCUT2D eigenvalue weighted by atomic mass is 15.1. The maximum absolute atomic E-state index is 2.43. The van der Waals surface area contributed by atoms with E-state index >= 15 is 0 Å². The minimum absolute atomic E-state index is 0.127. The molecule has 0 saturated carbocycles. The van der Waals surface area contributed by atoms with Crippen LogP contribution in [-0.4, -0.2) is 39.1 Å². The molecule has 1 aliphatic rings. The van der Waals surface area contributed by atoms with E-state index in [1.807, 2.05) is 0 Å². The Bertz CT molecular complexity index is 950. The Morgan fingerprint density at radius 3 is 1.97 bits per heavy atom. The second-order valence-corrected chi connectivity index (χ2v) is 8.64. The fourth-order valence-electron chi connectivity index (χ4n) is 4.64. The Balaban J connectivity index is 1.71. The van der Waals surface area contributed by atoms with Crippen molar-refractivity contribution in [2.45, 2.75) is 18.3 Å². The monoisotopic (exact) mass is 396 g/mol. The molecule has 0 radical (unpaired) electrons. The molecule has 0 heterocycles. The Kier molecular flexibility index (Phi) is 6.06. The van der Waals surface area contributed by atoms with Crippen LogP contribution in [0.25, 0.3) is 6.08 Å². The van der Waals surface area contributed by atoms with Gasteiger partial charge in [-0.15, -0.1) is 0 Å². The first-order chi connectivity index (χ1) is 14.6. The summed E-state index contributed by atoms with van der Waals surface area (Å²) in [5, 5.41) is 0. The van der Waals surface area contributed by atoms with Crippen molar-refractivity contribution in [2.24, 2.45) is 0 Å². The molecular weight excluding hydrogens is 364 g/mol. The lowest BCUT2D eigenvalue weighted by Crippen LogP contribution is -2.31. The molecule has 0 aliphatic heterocycles. The zero-order valence-electron chi connectivity index (χ0n) is 18.4. The quantitative estimate of drug-likeness (QED) is 0.511. The lowest BCUT2D eigenvalue weighted by Gasteiger charge is -2.37. The number of hydrogen-bond donors (Lipinski definition) is 0. The summed E-state index contributed by atoms with van der Waals surface area (Å²) in [5.41, 5.74) is 6.69. The van der Waals surface area contributed by atoms with Crippen LogP contribution < -0.4 is 4.90 Å². The molecule has 0 amide bonds. The highest BCUT2D eigenvalue weighted by molar-refractivity contribution is 5.75. The maximum Gasteiger partial charge on any atom is 0.0439 e. The van der Waals surface area contributed by atoms with Gasteiger partial charge in [-0.1, -0.05) is 84.9 Å². The van der Waals surface area contributed by atoms with E-state index in [1.54, 1.807) is 0 Å². The second kappa shape index (κ2) is 8.89. The van der Waals surface area contributed by atoms with Crippen LogP contribution in [0.3, 0.4) is 0 Å². The lowest BCUT2D eigenvalue weighted by atomic mass is 9.67. The molecule has 0 bridgehead atoms. The Morgan fingerprint density at radius 2 is 1.37 bits per heavy atom. The van der Waals surface area contributed by atoms with Gasteiger partial charge < -0.3 is 9.80 Å². The van der Waals surface area contributed by atoms with Gasteiger partial charge in [-0.05, 0) is 56.2 Å². The largest absolute Gasteiger partial charge is 0.374 e. The van der Waals surface area contributed by atoms with Crippen LogP contribution in [0.4, 0.5) is 5.69 Å². The van der Waals surface area contributed by atoms with Crippen molar-refractivity contribution in [2.75, 3.05) is 39.1 Å². The van der Waals surface area contributed by atoms with Gasteiger partial charge in [0, 0.05) is 30.3 Å². The summed E-state index contributed by atoms with van der Waals surface area (Å²) >= 11 is 0. The fourth-order valence-corrected chi connectivity index (χ4v) is 4.64. The van der Waals surface area contributed by atoms with Gasteiger partial charge in [0.25, 0.3) is 0 Å². The summed E-state index contributed by atoms with van der Waals surface area (Å²) in [6.07, 6.45) is 6.93. The highest BCUT2D eigenvalue weighted by Crippen LogP contribution is 2.43. The predicted octanol–water partition coefficient (Wildman–Crippen LogP) is 5.63. The fraction of sp³-hybridized carbons (Fsp3) is 0.286. The number of fused-ring (bicyclic) bond motifs is 1. The topological polar surface area (TPSA) is 6.48 Å². The SMILES string of the molecule is CN(C)CCCN(C)c1cccc2c1C=CC(c1ccccc1)(c1ccccc1)C2. The van der Waals surface area contributed by atoms with Crippen molar-refractivity contribution in [3.63, 3.8) is 0 Å². The third-order valence-corrected chi connectivity index (χ3v) is 6.27. The molecule has 0 atom stereocenters. The molecule has 0 saturated heterocycles. The number of allylic oxidation sites excluding steroid dienone is 1. The van der Waals surface area contributed by atoms with Gasteiger partial charge in [-0.2, -0.15) is 0 Å². The van der Waals surface area contributed by atoms with Crippen molar-refractivity contribution in [1.29, 1.82) is 0 Å². The molecule has 0 fully saturated rings. The predicted molar refractivity (Wildman–Crippen MR) is 129 cm³/mol. The molecule has 4 rings (SSSR count). The number of rotatable bonds is 7. The summed E-state index contributed by atoms with van der Waals surface area (Å²) in [5.74, 6) is 0. The van der Waals surface area contributed by atoms with Crippen LogP contribution >= 0.6 is 0 Å². The van der Waals surface area contributed by atoms with Crippen LogP contribution in [0.5, 0.6) is 0 Å². The average molecular weight is 397 g/mol. The zero-order chi connectivity index (χ0) is 21.0. The standard InChI is InChI=1S/C28H32N2/c1-29(2)20-11-21-30(3)27-17-10-12-23-22-28(19-18-26(23)27,24-13-6-4-7-14-24)25-15-8-5-9-16-25/h4-10,12-19H,11,20-22H2,1-3H3. The van der Waals surface area contributed by atoms with E-state index < -0.39 is 0 Å². The molecule has 1 aliphatic carbocycles. The van der Waals surface area contributed by atoms with Crippen LogP contribution in [0.15, 0.2) is 84.9 Å². The van der Waals surface area contributed by atoms with E-state index in [4.69, 9.17) is 0 Å². The smallest absolute Gasteiger partial charge is 0.0439 e. The molecule has 3 aromatic carbocycles. The summed E-state index contributed by atoms with van der Waals surface area (Å²) in [7, 11) is 6.50. The summed E-state index contributed by atoms with van der Waals surface area (Å²) in [6.45, 7) is 2.17. The van der Waals surface area contributed by atoms with E-state index in [2.05, 4.69) is 122 Å².